The lowest BCUT2D eigenvalue weighted by molar-refractivity contribution is 0.112. The van der Waals surface area contributed by atoms with Crippen LogP contribution >= 0.6 is 0 Å². The van der Waals surface area contributed by atoms with Gasteiger partial charge in [-0.3, -0.25) is 4.79 Å². The fourth-order valence-corrected chi connectivity index (χ4v) is 2.51. The van der Waals surface area contributed by atoms with E-state index in [1.807, 2.05) is 12.1 Å². The normalized spacial score (nSPS) is 11.4. The first-order valence-electron chi connectivity index (χ1n) is 6.56. The SMILES string of the molecule is CC(C)c1cc(C=O)cc2c(C(C)C)cccc12. The molecular formula is C17H20O. The van der Waals surface area contributed by atoms with Crippen LogP contribution in [0.15, 0.2) is 30.3 Å². The molecule has 0 N–H and O–H groups in total. The Labute approximate surface area is 109 Å². The molecule has 0 radical (unpaired) electrons. The highest BCUT2D eigenvalue weighted by atomic mass is 16.1. The summed E-state index contributed by atoms with van der Waals surface area (Å²) in [7, 11) is 0. The zero-order valence-electron chi connectivity index (χ0n) is 11.5. The molecule has 0 spiro atoms. The molecule has 2 aromatic rings. The summed E-state index contributed by atoms with van der Waals surface area (Å²) in [4.78, 5) is 11.1. The van der Waals surface area contributed by atoms with Gasteiger partial charge in [0.1, 0.15) is 6.29 Å². The van der Waals surface area contributed by atoms with Crippen molar-refractivity contribution in [2.75, 3.05) is 0 Å². The summed E-state index contributed by atoms with van der Waals surface area (Å²) in [6.45, 7) is 8.73. The largest absolute Gasteiger partial charge is 0.298 e. The van der Waals surface area contributed by atoms with Crippen molar-refractivity contribution in [1.29, 1.82) is 0 Å². The molecule has 0 atom stereocenters. The van der Waals surface area contributed by atoms with Gasteiger partial charge in [0.2, 0.25) is 0 Å². The van der Waals surface area contributed by atoms with Crippen molar-refractivity contribution >= 4 is 17.1 Å². The first kappa shape index (κ1) is 12.8. The molecule has 0 saturated heterocycles. The van der Waals surface area contributed by atoms with Gasteiger partial charge in [0, 0.05) is 5.56 Å². The number of fused-ring (bicyclic) bond motifs is 1. The molecule has 0 aromatic heterocycles. The van der Waals surface area contributed by atoms with Gasteiger partial charge in [0.05, 0.1) is 0 Å². The Balaban J connectivity index is 2.86. The van der Waals surface area contributed by atoms with E-state index >= 15 is 0 Å². The highest BCUT2D eigenvalue weighted by Crippen LogP contribution is 2.31. The number of benzene rings is 2. The van der Waals surface area contributed by atoms with Crippen LogP contribution in [0.4, 0.5) is 0 Å². The van der Waals surface area contributed by atoms with Gasteiger partial charge in [-0.15, -0.1) is 0 Å². The predicted molar refractivity (Wildman–Crippen MR) is 77.5 cm³/mol. The minimum atomic E-state index is 0.426. The Morgan fingerprint density at radius 1 is 0.889 bits per heavy atom. The second-order valence-electron chi connectivity index (χ2n) is 5.48. The number of hydrogen-bond acceptors (Lipinski definition) is 1. The third-order valence-electron chi connectivity index (χ3n) is 3.46. The van der Waals surface area contributed by atoms with Crippen LogP contribution in [-0.2, 0) is 0 Å². The zero-order chi connectivity index (χ0) is 13.3. The van der Waals surface area contributed by atoms with Crippen LogP contribution in [-0.4, -0.2) is 6.29 Å². The Morgan fingerprint density at radius 3 is 2.11 bits per heavy atom. The zero-order valence-corrected chi connectivity index (χ0v) is 11.5. The van der Waals surface area contributed by atoms with Crippen molar-refractivity contribution in [3.63, 3.8) is 0 Å². The average molecular weight is 240 g/mol. The molecule has 2 aromatic carbocycles. The van der Waals surface area contributed by atoms with E-state index < -0.39 is 0 Å². The molecular weight excluding hydrogens is 220 g/mol. The van der Waals surface area contributed by atoms with E-state index in [2.05, 4.69) is 45.9 Å². The number of carbonyl (C=O) groups is 1. The number of rotatable bonds is 3. The molecule has 18 heavy (non-hydrogen) atoms. The average Bonchev–Trinajstić information content (AvgIpc) is 2.36. The van der Waals surface area contributed by atoms with E-state index in [4.69, 9.17) is 0 Å². The number of hydrogen-bond donors (Lipinski definition) is 0. The van der Waals surface area contributed by atoms with Crippen molar-refractivity contribution in [3.05, 3.63) is 47.0 Å². The number of aldehydes is 1. The van der Waals surface area contributed by atoms with E-state index in [0.717, 1.165) is 11.8 Å². The first-order chi connectivity index (χ1) is 8.54. The molecule has 2 rings (SSSR count). The summed E-state index contributed by atoms with van der Waals surface area (Å²) < 4.78 is 0. The Bertz CT molecular complexity index is 579. The number of carbonyl (C=O) groups excluding carboxylic acids is 1. The van der Waals surface area contributed by atoms with Gasteiger partial charge in [0.15, 0.2) is 0 Å². The lowest BCUT2D eigenvalue weighted by Gasteiger charge is -2.15. The lowest BCUT2D eigenvalue weighted by Crippen LogP contribution is -1.96. The summed E-state index contributed by atoms with van der Waals surface area (Å²) in [5.74, 6) is 0.894. The Hall–Kier alpha value is -1.63. The quantitative estimate of drug-likeness (QED) is 0.697. The smallest absolute Gasteiger partial charge is 0.150 e. The van der Waals surface area contributed by atoms with Crippen LogP contribution in [0.2, 0.25) is 0 Å². The predicted octanol–water partition coefficient (Wildman–Crippen LogP) is 4.90. The summed E-state index contributed by atoms with van der Waals surface area (Å²) in [6.07, 6.45) is 0.947. The highest BCUT2D eigenvalue weighted by Gasteiger charge is 2.11. The third-order valence-corrected chi connectivity index (χ3v) is 3.46. The Kier molecular flexibility index (Phi) is 3.51. The van der Waals surface area contributed by atoms with Gasteiger partial charge in [-0.25, -0.2) is 0 Å². The summed E-state index contributed by atoms with van der Waals surface area (Å²) in [6, 6.07) is 10.5. The molecule has 0 unspecified atom stereocenters. The van der Waals surface area contributed by atoms with Crippen LogP contribution in [0.1, 0.15) is 61.0 Å². The molecule has 0 aliphatic carbocycles. The maximum Gasteiger partial charge on any atom is 0.150 e. The lowest BCUT2D eigenvalue weighted by atomic mass is 9.89. The first-order valence-corrected chi connectivity index (χ1v) is 6.56. The van der Waals surface area contributed by atoms with Crippen LogP contribution < -0.4 is 0 Å². The maximum absolute atomic E-state index is 11.1. The fraction of sp³-hybridized carbons (Fsp3) is 0.353. The molecule has 94 valence electrons. The second kappa shape index (κ2) is 4.93. The minimum absolute atomic E-state index is 0.426. The summed E-state index contributed by atoms with van der Waals surface area (Å²) in [5, 5.41) is 2.50. The van der Waals surface area contributed by atoms with E-state index in [0.29, 0.717) is 11.8 Å². The van der Waals surface area contributed by atoms with Gasteiger partial charge in [-0.1, -0.05) is 45.9 Å². The second-order valence-corrected chi connectivity index (χ2v) is 5.48. The molecule has 1 heteroatoms. The molecule has 0 aliphatic heterocycles. The highest BCUT2D eigenvalue weighted by molar-refractivity contribution is 5.94. The summed E-state index contributed by atoms with van der Waals surface area (Å²) >= 11 is 0. The van der Waals surface area contributed by atoms with Crippen LogP contribution in [0.25, 0.3) is 10.8 Å². The van der Waals surface area contributed by atoms with Crippen LogP contribution in [0.3, 0.4) is 0 Å². The van der Waals surface area contributed by atoms with E-state index in [1.165, 1.54) is 21.9 Å². The van der Waals surface area contributed by atoms with Crippen LogP contribution in [0, 0.1) is 0 Å². The van der Waals surface area contributed by atoms with Gasteiger partial charge >= 0.3 is 0 Å². The van der Waals surface area contributed by atoms with E-state index in [9.17, 15) is 4.79 Å². The Morgan fingerprint density at radius 2 is 1.56 bits per heavy atom. The fourth-order valence-electron chi connectivity index (χ4n) is 2.51. The van der Waals surface area contributed by atoms with Gasteiger partial charge < -0.3 is 0 Å². The molecule has 0 aliphatic rings. The minimum Gasteiger partial charge on any atom is -0.298 e. The topological polar surface area (TPSA) is 17.1 Å². The van der Waals surface area contributed by atoms with E-state index in [1.54, 1.807) is 0 Å². The van der Waals surface area contributed by atoms with Crippen LogP contribution in [0.5, 0.6) is 0 Å². The van der Waals surface area contributed by atoms with Crippen molar-refractivity contribution in [2.24, 2.45) is 0 Å². The molecule has 0 saturated carbocycles. The van der Waals surface area contributed by atoms with Gasteiger partial charge in [0.25, 0.3) is 0 Å². The molecule has 0 fully saturated rings. The van der Waals surface area contributed by atoms with Gasteiger partial charge in [-0.05, 0) is 45.9 Å². The van der Waals surface area contributed by atoms with Crippen molar-refractivity contribution in [3.8, 4) is 0 Å². The molecule has 0 bridgehead atoms. The monoisotopic (exact) mass is 240 g/mol. The van der Waals surface area contributed by atoms with Crippen molar-refractivity contribution in [2.45, 2.75) is 39.5 Å². The molecule has 1 nitrogen and oxygen atoms in total. The van der Waals surface area contributed by atoms with Crippen molar-refractivity contribution in [1.82, 2.24) is 0 Å². The molecule has 0 heterocycles. The molecule has 0 amide bonds. The van der Waals surface area contributed by atoms with Gasteiger partial charge in [-0.2, -0.15) is 0 Å². The standard InChI is InChI=1S/C17H20O/c1-11(2)14-6-5-7-15-16(12(3)4)8-13(10-18)9-17(14)15/h5-12H,1-4H3. The maximum atomic E-state index is 11.1. The third kappa shape index (κ3) is 2.17. The summed E-state index contributed by atoms with van der Waals surface area (Å²) in [5.41, 5.74) is 3.36. The van der Waals surface area contributed by atoms with Crippen molar-refractivity contribution < 1.29 is 4.79 Å². The van der Waals surface area contributed by atoms with E-state index in [-0.39, 0.29) is 0 Å².